The zero-order valence-electron chi connectivity index (χ0n) is 10.5. The van der Waals surface area contributed by atoms with E-state index in [1.807, 2.05) is 18.2 Å². The number of nitrogens with one attached hydrogen (secondary N) is 1. The number of esters is 1. The molecule has 0 aliphatic heterocycles. The van der Waals surface area contributed by atoms with E-state index in [1.165, 1.54) is 12.7 Å². The van der Waals surface area contributed by atoms with E-state index in [2.05, 4.69) is 23.5 Å². The van der Waals surface area contributed by atoms with Gasteiger partial charge in [0.05, 0.1) is 12.7 Å². The van der Waals surface area contributed by atoms with Gasteiger partial charge >= 0.3 is 5.97 Å². The molecule has 3 nitrogen and oxygen atoms in total. The van der Waals surface area contributed by atoms with Crippen molar-refractivity contribution in [3.63, 3.8) is 0 Å². The van der Waals surface area contributed by atoms with E-state index in [-0.39, 0.29) is 5.97 Å². The summed E-state index contributed by atoms with van der Waals surface area (Å²) in [6.45, 7) is 0.727. The summed E-state index contributed by atoms with van der Waals surface area (Å²) < 4.78 is 4.76. The van der Waals surface area contributed by atoms with Gasteiger partial charge in [-0.2, -0.15) is 0 Å². The van der Waals surface area contributed by atoms with E-state index < -0.39 is 0 Å². The number of hydrogen-bond donors (Lipinski definition) is 1. The highest BCUT2D eigenvalue weighted by Gasteiger charge is 2.10. The van der Waals surface area contributed by atoms with E-state index in [0.29, 0.717) is 5.56 Å². The molecule has 0 amide bonds. The maximum Gasteiger partial charge on any atom is 0.339 e. The lowest BCUT2D eigenvalue weighted by Crippen LogP contribution is -2.10. The lowest BCUT2D eigenvalue weighted by Gasteiger charge is -2.12. The average molecular weight is 243 g/mol. The van der Waals surface area contributed by atoms with Crippen LogP contribution in [-0.4, -0.2) is 19.6 Å². The average Bonchev–Trinajstić information content (AvgIpc) is 2.45. The van der Waals surface area contributed by atoms with Gasteiger partial charge in [0, 0.05) is 12.2 Å². The molecule has 0 aromatic heterocycles. The van der Waals surface area contributed by atoms with Gasteiger partial charge in [0.1, 0.15) is 0 Å². The molecule has 1 aliphatic carbocycles. The number of para-hydroxylation sites is 1. The van der Waals surface area contributed by atoms with Crippen molar-refractivity contribution >= 4 is 11.7 Å². The molecule has 3 heteroatoms. The summed E-state index contributed by atoms with van der Waals surface area (Å²) in [4.78, 5) is 11.6. The molecule has 0 saturated heterocycles. The predicted octanol–water partition coefficient (Wildman–Crippen LogP) is 3.16. The maximum absolute atomic E-state index is 11.6. The molecule has 0 spiro atoms. The molecule has 0 radical (unpaired) electrons. The Morgan fingerprint density at radius 3 is 2.89 bits per heavy atom. The van der Waals surface area contributed by atoms with Gasteiger partial charge in [0.25, 0.3) is 0 Å². The molecule has 0 saturated carbocycles. The number of methoxy groups -OCH3 is 1. The molecule has 0 fully saturated rings. The van der Waals surface area contributed by atoms with Crippen LogP contribution in [0.5, 0.6) is 0 Å². The minimum atomic E-state index is -0.314. The van der Waals surface area contributed by atoms with Gasteiger partial charge in [-0.05, 0) is 30.5 Å². The smallest absolute Gasteiger partial charge is 0.339 e. The number of benzene rings is 1. The third-order valence-electron chi connectivity index (χ3n) is 2.89. The molecular formula is C15H17NO2. The SMILES string of the molecule is COC(=O)c1ccccc1NCC1=CCCC=C1. The fourth-order valence-electron chi connectivity index (χ4n) is 1.92. The van der Waals surface area contributed by atoms with Crippen LogP contribution < -0.4 is 5.32 Å². The van der Waals surface area contributed by atoms with Crippen LogP contribution in [0.25, 0.3) is 0 Å². The van der Waals surface area contributed by atoms with Crippen LogP contribution in [0.1, 0.15) is 23.2 Å². The topological polar surface area (TPSA) is 38.3 Å². The quantitative estimate of drug-likeness (QED) is 0.825. The Hall–Kier alpha value is -2.03. The van der Waals surface area contributed by atoms with Crippen LogP contribution in [0, 0.1) is 0 Å². The minimum Gasteiger partial charge on any atom is -0.465 e. The zero-order valence-corrected chi connectivity index (χ0v) is 10.5. The van der Waals surface area contributed by atoms with Crippen molar-refractivity contribution in [1.82, 2.24) is 0 Å². The molecule has 0 atom stereocenters. The summed E-state index contributed by atoms with van der Waals surface area (Å²) in [5.74, 6) is -0.314. The number of rotatable bonds is 4. The summed E-state index contributed by atoms with van der Waals surface area (Å²) in [7, 11) is 1.39. The monoisotopic (exact) mass is 243 g/mol. The fourth-order valence-corrected chi connectivity index (χ4v) is 1.92. The van der Waals surface area contributed by atoms with Crippen LogP contribution in [-0.2, 0) is 4.74 Å². The van der Waals surface area contributed by atoms with Crippen molar-refractivity contribution in [2.75, 3.05) is 19.0 Å². The number of carbonyl (C=O) groups excluding carboxylic acids is 1. The van der Waals surface area contributed by atoms with Crippen molar-refractivity contribution < 1.29 is 9.53 Å². The van der Waals surface area contributed by atoms with Gasteiger partial charge in [-0.1, -0.05) is 30.4 Å². The zero-order chi connectivity index (χ0) is 12.8. The number of ether oxygens (including phenoxy) is 1. The number of hydrogen-bond acceptors (Lipinski definition) is 3. The Labute approximate surface area is 107 Å². The predicted molar refractivity (Wildman–Crippen MR) is 72.7 cm³/mol. The largest absolute Gasteiger partial charge is 0.465 e. The standard InChI is InChI=1S/C15H17NO2/c1-18-15(17)13-9-5-6-10-14(13)16-11-12-7-3-2-4-8-12/h3,5-10,16H,2,4,11H2,1H3. The summed E-state index contributed by atoms with van der Waals surface area (Å²) >= 11 is 0. The van der Waals surface area contributed by atoms with Crippen LogP contribution in [0.2, 0.25) is 0 Å². The van der Waals surface area contributed by atoms with E-state index in [4.69, 9.17) is 4.74 Å². The van der Waals surface area contributed by atoms with Crippen LogP contribution in [0.4, 0.5) is 5.69 Å². The number of carbonyl (C=O) groups is 1. The van der Waals surface area contributed by atoms with Crippen molar-refractivity contribution in [3.8, 4) is 0 Å². The first-order chi connectivity index (χ1) is 8.81. The molecular weight excluding hydrogens is 226 g/mol. The first kappa shape index (κ1) is 12.4. The second-order valence-corrected chi connectivity index (χ2v) is 4.15. The van der Waals surface area contributed by atoms with E-state index >= 15 is 0 Å². The number of anilines is 1. The summed E-state index contributed by atoms with van der Waals surface area (Å²) in [6.07, 6.45) is 8.71. The third-order valence-corrected chi connectivity index (χ3v) is 2.89. The summed E-state index contributed by atoms with van der Waals surface area (Å²) in [6, 6.07) is 7.38. The third kappa shape index (κ3) is 3.00. The second kappa shape index (κ2) is 6.05. The summed E-state index contributed by atoms with van der Waals surface area (Å²) in [5.41, 5.74) is 2.63. The Kier molecular flexibility index (Phi) is 4.18. The lowest BCUT2D eigenvalue weighted by atomic mass is 10.1. The van der Waals surface area contributed by atoms with Crippen LogP contribution >= 0.6 is 0 Å². The highest BCUT2D eigenvalue weighted by Crippen LogP contribution is 2.17. The first-order valence-corrected chi connectivity index (χ1v) is 6.08. The first-order valence-electron chi connectivity index (χ1n) is 6.08. The highest BCUT2D eigenvalue weighted by atomic mass is 16.5. The number of allylic oxidation sites excluding steroid dienone is 2. The lowest BCUT2D eigenvalue weighted by molar-refractivity contribution is 0.0602. The molecule has 1 aliphatic rings. The Bertz CT molecular complexity index is 489. The molecule has 0 bridgehead atoms. The molecule has 2 rings (SSSR count). The second-order valence-electron chi connectivity index (χ2n) is 4.15. The molecule has 94 valence electrons. The Morgan fingerprint density at radius 2 is 2.17 bits per heavy atom. The van der Waals surface area contributed by atoms with E-state index in [0.717, 1.165) is 25.1 Å². The highest BCUT2D eigenvalue weighted by molar-refractivity contribution is 5.95. The normalized spacial score (nSPS) is 13.9. The molecule has 0 heterocycles. The van der Waals surface area contributed by atoms with Crippen molar-refractivity contribution in [2.24, 2.45) is 0 Å². The molecule has 1 N–H and O–H groups in total. The van der Waals surface area contributed by atoms with Crippen LogP contribution in [0.3, 0.4) is 0 Å². The van der Waals surface area contributed by atoms with Crippen LogP contribution in [0.15, 0.2) is 48.1 Å². The Balaban J connectivity index is 2.07. The van der Waals surface area contributed by atoms with E-state index in [9.17, 15) is 4.79 Å². The van der Waals surface area contributed by atoms with Crippen molar-refractivity contribution in [2.45, 2.75) is 12.8 Å². The molecule has 1 aromatic carbocycles. The van der Waals surface area contributed by atoms with Gasteiger partial charge < -0.3 is 10.1 Å². The van der Waals surface area contributed by atoms with Gasteiger partial charge in [-0.25, -0.2) is 4.79 Å². The van der Waals surface area contributed by atoms with Gasteiger partial charge in [0.2, 0.25) is 0 Å². The molecule has 0 unspecified atom stereocenters. The van der Waals surface area contributed by atoms with Crippen molar-refractivity contribution in [1.29, 1.82) is 0 Å². The van der Waals surface area contributed by atoms with Crippen molar-refractivity contribution in [3.05, 3.63) is 53.6 Å². The van der Waals surface area contributed by atoms with Gasteiger partial charge in [-0.15, -0.1) is 0 Å². The fraction of sp³-hybridized carbons (Fsp3) is 0.267. The van der Waals surface area contributed by atoms with Gasteiger partial charge in [0.15, 0.2) is 0 Å². The molecule has 18 heavy (non-hydrogen) atoms. The summed E-state index contributed by atoms with van der Waals surface area (Å²) in [5, 5.41) is 3.28. The van der Waals surface area contributed by atoms with E-state index in [1.54, 1.807) is 6.07 Å². The maximum atomic E-state index is 11.6. The molecule has 1 aromatic rings. The Morgan fingerprint density at radius 1 is 1.33 bits per heavy atom. The van der Waals surface area contributed by atoms with Gasteiger partial charge in [-0.3, -0.25) is 0 Å². The minimum absolute atomic E-state index is 0.314.